The Kier molecular flexibility index (Phi) is 4.07. The van der Waals surface area contributed by atoms with Crippen LogP contribution in [0.3, 0.4) is 0 Å². The van der Waals surface area contributed by atoms with Gasteiger partial charge in [0.05, 0.1) is 0 Å². The summed E-state index contributed by atoms with van der Waals surface area (Å²) < 4.78 is 0. The van der Waals surface area contributed by atoms with Gasteiger partial charge in [-0.1, -0.05) is 34.6 Å². The summed E-state index contributed by atoms with van der Waals surface area (Å²) in [5, 5.41) is 13.0. The van der Waals surface area contributed by atoms with Crippen LogP contribution in [0.5, 0.6) is 0 Å². The molecule has 4 nitrogen and oxygen atoms in total. The van der Waals surface area contributed by atoms with Gasteiger partial charge in [-0.25, -0.2) is 4.98 Å². The lowest BCUT2D eigenvalue weighted by atomic mass is 10.3. The molecule has 0 unspecified atom stereocenters. The molecular weight excluding hydrogens is 270 g/mol. The van der Waals surface area contributed by atoms with Gasteiger partial charge in [0.25, 0.3) is 0 Å². The fourth-order valence-corrected chi connectivity index (χ4v) is 2.22. The van der Waals surface area contributed by atoms with E-state index in [1.54, 1.807) is 12.1 Å². The summed E-state index contributed by atoms with van der Waals surface area (Å²) in [5.41, 5.74) is 5.93. The summed E-state index contributed by atoms with van der Waals surface area (Å²) >= 11 is 7.29. The van der Waals surface area contributed by atoms with E-state index in [-0.39, 0.29) is 5.84 Å². The third-order valence-electron chi connectivity index (χ3n) is 2.13. The molecule has 92 valence electrons. The summed E-state index contributed by atoms with van der Waals surface area (Å²) in [6.07, 6.45) is 0. The smallest absolute Gasteiger partial charge is 0.188 e. The Bertz CT molecular complexity index is 572. The third-order valence-corrected chi connectivity index (χ3v) is 3.33. The van der Waals surface area contributed by atoms with Gasteiger partial charge >= 0.3 is 0 Å². The van der Waals surface area contributed by atoms with Crippen molar-refractivity contribution in [3.05, 3.63) is 53.2 Å². The highest BCUT2D eigenvalue weighted by Gasteiger charge is 2.04. The lowest BCUT2D eigenvalue weighted by Crippen LogP contribution is -2.14. The molecule has 0 amide bonds. The van der Waals surface area contributed by atoms with Crippen LogP contribution in [0, 0.1) is 0 Å². The normalized spacial score (nSPS) is 11.5. The zero-order chi connectivity index (χ0) is 13.0. The molecule has 0 aliphatic carbocycles. The summed E-state index contributed by atoms with van der Waals surface area (Å²) in [7, 11) is 0. The molecule has 0 saturated heterocycles. The average molecular weight is 280 g/mol. The third kappa shape index (κ3) is 3.15. The molecule has 18 heavy (non-hydrogen) atoms. The molecule has 0 atom stereocenters. The molecule has 0 fully saturated rings. The van der Waals surface area contributed by atoms with Crippen molar-refractivity contribution >= 4 is 29.2 Å². The second-order valence-electron chi connectivity index (χ2n) is 3.40. The maximum Gasteiger partial charge on any atom is 0.188 e. The molecule has 1 aromatic carbocycles. The van der Waals surface area contributed by atoms with Crippen LogP contribution in [-0.4, -0.2) is 16.0 Å². The van der Waals surface area contributed by atoms with Crippen molar-refractivity contribution in [3.63, 3.8) is 0 Å². The molecule has 6 heteroatoms. The monoisotopic (exact) mass is 279 g/mol. The molecule has 0 bridgehead atoms. The molecule has 2 aromatic rings. The topological polar surface area (TPSA) is 71.5 Å². The number of benzene rings is 1. The summed E-state index contributed by atoms with van der Waals surface area (Å²) in [4.78, 5) is 5.29. The van der Waals surface area contributed by atoms with Crippen LogP contribution in [0.4, 0.5) is 0 Å². The van der Waals surface area contributed by atoms with E-state index in [1.165, 1.54) is 11.8 Å². The van der Waals surface area contributed by atoms with Gasteiger partial charge in [-0.3, -0.25) is 0 Å². The van der Waals surface area contributed by atoms with Gasteiger partial charge < -0.3 is 10.9 Å². The number of amidine groups is 1. The van der Waals surface area contributed by atoms with Crippen LogP contribution in [0.2, 0.25) is 5.02 Å². The van der Waals surface area contributed by atoms with Gasteiger partial charge in [-0.2, -0.15) is 0 Å². The standard InChI is InChI=1S/C12H10ClN3OS/c13-8-4-6-9(7-5-8)18-11-3-1-2-10(15-11)12(14)16-17/h1-7,17H,(H2,14,16). The first-order valence-electron chi connectivity index (χ1n) is 5.07. The Balaban J connectivity index is 2.22. The van der Waals surface area contributed by atoms with Crippen molar-refractivity contribution in [2.75, 3.05) is 0 Å². The number of pyridine rings is 1. The van der Waals surface area contributed by atoms with Crippen LogP contribution in [0.25, 0.3) is 0 Å². The zero-order valence-corrected chi connectivity index (χ0v) is 10.8. The molecule has 1 heterocycles. The first-order valence-corrected chi connectivity index (χ1v) is 6.27. The second kappa shape index (κ2) is 5.75. The van der Waals surface area contributed by atoms with Gasteiger partial charge in [0.1, 0.15) is 10.7 Å². The molecular formula is C12H10ClN3OS. The summed E-state index contributed by atoms with van der Waals surface area (Å²) in [5.74, 6) is -0.00597. The Morgan fingerprint density at radius 3 is 2.61 bits per heavy atom. The molecule has 0 aliphatic rings. The highest BCUT2D eigenvalue weighted by molar-refractivity contribution is 7.99. The average Bonchev–Trinajstić information content (AvgIpc) is 2.41. The quantitative estimate of drug-likeness (QED) is 0.392. The number of hydrogen-bond donors (Lipinski definition) is 2. The predicted octanol–water partition coefficient (Wildman–Crippen LogP) is 2.98. The number of nitrogens with zero attached hydrogens (tertiary/aromatic N) is 2. The van der Waals surface area contributed by atoms with Crippen LogP contribution in [-0.2, 0) is 0 Å². The number of oxime groups is 1. The van der Waals surface area contributed by atoms with Crippen LogP contribution in [0.15, 0.2) is 57.5 Å². The number of nitrogens with two attached hydrogens (primary N) is 1. The Labute approximate surface area is 113 Å². The van der Waals surface area contributed by atoms with E-state index in [2.05, 4.69) is 10.1 Å². The van der Waals surface area contributed by atoms with Crippen molar-refractivity contribution < 1.29 is 5.21 Å². The van der Waals surface area contributed by atoms with E-state index < -0.39 is 0 Å². The van der Waals surface area contributed by atoms with Crippen molar-refractivity contribution in [1.29, 1.82) is 0 Å². The SMILES string of the molecule is NC(=NO)c1cccc(Sc2ccc(Cl)cc2)n1. The van der Waals surface area contributed by atoms with Crippen LogP contribution >= 0.6 is 23.4 Å². The number of rotatable bonds is 3. The highest BCUT2D eigenvalue weighted by Crippen LogP contribution is 2.27. The lowest BCUT2D eigenvalue weighted by molar-refractivity contribution is 0.318. The number of hydrogen-bond acceptors (Lipinski definition) is 4. The second-order valence-corrected chi connectivity index (χ2v) is 4.93. The fraction of sp³-hybridized carbons (Fsp3) is 0. The van der Waals surface area contributed by atoms with E-state index in [9.17, 15) is 0 Å². The first-order chi connectivity index (χ1) is 8.69. The van der Waals surface area contributed by atoms with Gasteiger partial charge in [-0.15, -0.1) is 0 Å². The molecule has 0 spiro atoms. The van der Waals surface area contributed by atoms with E-state index in [0.29, 0.717) is 10.7 Å². The van der Waals surface area contributed by atoms with Gasteiger partial charge in [0.15, 0.2) is 5.84 Å². The molecule has 3 N–H and O–H groups in total. The number of halogens is 1. The van der Waals surface area contributed by atoms with Gasteiger partial charge in [0.2, 0.25) is 0 Å². The molecule has 0 aliphatic heterocycles. The van der Waals surface area contributed by atoms with Crippen LogP contribution in [0.1, 0.15) is 5.69 Å². The lowest BCUT2D eigenvalue weighted by Gasteiger charge is -2.03. The Morgan fingerprint density at radius 2 is 1.94 bits per heavy atom. The van der Waals surface area contributed by atoms with Gasteiger partial charge in [-0.05, 0) is 36.4 Å². The largest absolute Gasteiger partial charge is 0.409 e. The van der Waals surface area contributed by atoms with Crippen molar-refractivity contribution in [1.82, 2.24) is 4.98 Å². The molecule has 0 saturated carbocycles. The summed E-state index contributed by atoms with van der Waals surface area (Å²) in [6.45, 7) is 0. The number of aromatic nitrogens is 1. The predicted molar refractivity (Wildman–Crippen MR) is 72.3 cm³/mol. The van der Waals surface area contributed by atoms with E-state index in [4.69, 9.17) is 22.5 Å². The van der Waals surface area contributed by atoms with Crippen LogP contribution < -0.4 is 5.73 Å². The molecule has 0 radical (unpaired) electrons. The maximum atomic E-state index is 8.60. The Morgan fingerprint density at radius 1 is 1.22 bits per heavy atom. The van der Waals surface area contributed by atoms with E-state index in [1.807, 2.05) is 30.3 Å². The molecule has 1 aromatic heterocycles. The van der Waals surface area contributed by atoms with Crippen molar-refractivity contribution in [3.8, 4) is 0 Å². The first kappa shape index (κ1) is 12.7. The van der Waals surface area contributed by atoms with Gasteiger partial charge in [0, 0.05) is 9.92 Å². The van der Waals surface area contributed by atoms with E-state index in [0.717, 1.165) is 9.92 Å². The molecule has 2 rings (SSSR count). The van der Waals surface area contributed by atoms with Crippen molar-refractivity contribution in [2.24, 2.45) is 10.9 Å². The summed E-state index contributed by atoms with van der Waals surface area (Å²) in [6, 6.07) is 12.8. The fourth-order valence-electron chi connectivity index (χ4n) is 1.29. The minimum absolute atomic E-state index is 0.00597. The van der Waals surface area contributed by atoms with E-state index >= 15 is 0 Å². The minimum Gasteiger partial charge on any atom is -0.409 e. The minimum atomic E-state index is -0.00597. The maximum absolute atomic E-state index is 8.60. The highest BCUT2D eigenvalue weighted by atomic mass is 35.5. The Hall–Kier alpha value is -1.72. The zero-order valence-electron chi connectivity index (χ0n) is 9.25. The van der Waals surface area contributed by atoms with Crippen molar-refractivity contribution in [2.45, 2.75) is 9.92 Å².